The molecule has 1 aromatic rings. The lowest BCUT2D eigenvalue weighted by Crippen LogP contribution is -2.30. The van der Waals surface area contributed by atoms with E-state index in [0.717, 1.165) is 74.1 Å². The van der Waals surface area contributed by atoms with Gasteiger partial charge in [-0.15, -0.1) is 0 Å². The Bertz CT molecular complexity index is 960. The van der Waals surface area contributed by atoms with Crippen LogP contribution in [0.4, 0.5) is 5.69 Å². The molecule has 0 fully saturated rings. The maximum Gasteiger partial charge on any atom is 0.150 e. The summed E-state index contributed by atoms with van der Waals surface area (Å²) in [5.41, 5.74) is 18.6. The van der Waals surface area contributed by atoms with Gasteiger partial charge in [0.1, 0.15) is 11.5 Å². The molecule has 1 aliphatic heterocycles. The SMILES string of the molecule is CCCCN/C(CC1C=CC(CN)=CC1)=C1\C(=N)C(N)=Nc2cc(CCCNSC)ccc21. The van der Waals surface area contributed by atoms with Crippen molar-refractivity contribution in [2.75, 3.05) is 25.9 Å². The molecule has 1 aliphatic carbocycles. The summed E-state index contributed by atoms with van der Waals surface area (Å²) in [6.07, 6.45) is 14.7. The van der Waals surface area contributed by atoms with E-state index in [1.807, 2.05) is 6.26 Å². The smallest absolute Gasteiger partial charge is 0.150 e. The van der Waals surface area contributed by atoms with Gasteiger partial charge in [-0.1, -0.05) is 55.7 Å². The highest BCUT2D eigenvalue weighted by atomic mass is 32.2. The number of amidine groups is 1. The standard InChI is InChI=1S/C26H38N6S/c1-3-4-13-30-23(16-19-7-9-20(17-27)10-8-19)24-21-12-11-18(6-5-14-31-33-2)15-22(21)32-26(29)25(24)28/h7,9-12,15,19,28,30-31H,3-6,8,13-14,16-17,27H2,1-2H3,(H2,29,32)/b24-23-,28-25?. The third kappa shape index (κ3) is 6.82. The molecule has 0 amide bonds. The summed E-state index contributed by atoms with van der Waals surface area (Å²) in [7, 11) is 0. The zero-order chi connectivity index (χ0) is 23.6. The normalized spacial score (nSPS) is 19.1. The molecule has 0 aromatic heterocycles. The number of nitrogens with zero attached hydrogens (tertiary/aromatic N) is 1. The van der Waals surface area contributed by atoms with Crippen molar-refractivity contribution in [2.24, 2.45) is 22.4 Å². The molecule has 3 rings (SSSR count). The van der Waals surface area contributed by atoms with Crippen LogP contribution in [0.15, 0.2) is 52.7 Å². The fourth-order valence-electron chi connectivity index (χ4n) is 4.22. The molecular weight excluding hydrogens is 428 g/mol. The number of unbranched alkanes of at least 4 members (excludes halogenated alkanes) is 1. The minimum absolute atomic E-state index is 0.290. The lowest BCUT2D eigenvalue weighted by molar-refractivity contribution is 0.597. The lowest BCUT2D eigenvalue weighted by atomic mass is 9.87. The highest BCUT2D eigenvalue weighted by Crippen LogP contribution is 2.36. The molecule has 0 saturated heterocycles. The number of aryl methyl sites for hydroxylation is 1. The van der Waals surface area contributed by atoms with Crippen molar-refractivity contribution < 1.29 is 0 Å². The van der Waals surface area contributed by atoms with Crippen LogP contribution < -0.4 is 21.5 Å². The summed E-state index contributed by atoms with van der Waals surface area (Å²) < 4.78 is 3.29. The molecule has 0 saturated carbocycles. The van der Waals surface area contributed by atoms with Gasteiger partial charge in [0, 0.05) is 36.5 Å². The Balaban J connectivity index is 1.91. The number of aliphatic imine (C=N–C) groups is 1. The number of nitrogens with one attached hydrogen (secondary N) is 3. The van der Waals surface area contributed by atoms with Crippen LogP contribution in [0.1, 0.15) is 50.2 Å². The summed E-state index contributed by atoms with van der Waals surface area (Å²) in [5.74, 6) is 0.662. The highest BCUT2D eigenvalue weighted by Gasteiger charge is 2.26. The Hall–Kier alpha value is -2.35. The second kappa shape index (κ2) is 12.8. The molecule has 0 radical (unpaired) electrons. The molecular formula is C26H38N6S. The second-order valence-electron chi connectivity index (χ2n) is 8.60. The van der Waals surface area contributed by atoms with E-state index < -0.39 is 0 Å². The van der Waals surface area contributed by atoms with E-state index in [4.69, 9.17) is 16.9 Å². The number of rotatable bonds is 12. The first-order valence-corrected chi connectivity index (χ1v) is 13.2. The molecule has 1 atom stereocenters. The molecule has 1 heterocycles. The van der Waals surface area contributed by atoms with Crippen molar-refractivity contribution in [1.29, 1.82) is 5.41 Å². The van der Waals surface area contributed by atoms with Gasteiger partial charge in [0.05, 0.1) is 5.69 Å². The van der Waals surface area contributed by atoms with Crippen LogP contribution >= 0.6 is 11.9 Å². The topological polar surface area (TPSA) is 112 Å². The third-order valence-electron chi connectivity index (χ3n) is 6.10. The minimum Gasteiger partial charge on any atom is -0.388 e. The van der Waals surface area contributed by atoms with E-state index in [1.54, 1.807) is 11.9 Å². The third-order valence-corrected chi connectivity index (χ3v) is 6.60. The number of nitrogens with two attached hydrogens (primary N) is 2. The molecule has 6 nitrogen and oxygen atoms in total. The number of hydrogen-bond acceptors (Lipinski definition) is 7. The van der Waals surface area contributed by atoms with Crippen molar-refractivity contribution >= 4 is 34.8 Å². The van der Waals surface area contributed by atoms with E-state index in [9.17, 15) is 0 Å². The van der Waals surface area contributed by atoms with Gasteiger partial charge in [-0.05, 0) is 61.5 Å². The monoisotopic (exact) mass is 466 g/mol. The first kappa shape index (κ1) is 25.3. The average molecular weight is 467 g/mol. The summed E-state index contributed by atoms with van der Waals surface area (Å²) in [5, 5.41) is 12.4. The predicted molar refractivity (Wildman–Crippen MR) is 144 cm³/mol. The molecule has 1 unspecified atom stereocenters. The maximum atomic E-state index is 8.77. The Morgan fingerprint density at radius 1 is 1.27 bits per heavy atom. The first-order chi connectivity index (χ1) is 16.1. The van der Waals surface area contributed by atoms with Crippen molar-refractivity contribution in [1.82, 2.24) is 10.0 Å². The molecule has 178 valence electrons. The molecule has 1 aromatic carbocycles. The van der Waals surface area contributed by atoms with E-state index >= 15 is 0 Å². The van der Waals surface area contributed by atoms with Gasteiger partial charge >= 0.3 is 0 Å². The molecule has 33 heavy (non-hydrogen) atoms. The van der Waals surface area contributed by atoms with Crippen LogP contribution in [-0.4, -0.2) is 37.4 Å². The second-order valence-corrected chi connectivity index (χ2v) is 9.30. The number of hydrogen-bond donors (Lipinski definition) is 5. The molecule has 0 bridgehead atoms. The van der Waals surface area contributed by atoms with Crippen LogP contribution in [0.25, 0.3) is 5.57 Å². The van der Waals surface area contributed by atoms with Crippen molar-refractivity contribution in [3.63, 3.8) is 0 Å². The van der Waals surface area contributed by atoms with Gasteiger partial charge in [0.15, 0.2) is 0 Å². The minimum atomic E-state index is 0.290. The summed E-state index contributed by atoms with van der Waals surface area (Å²) >= 11 is 1.65. The number of benzene rings is 1. The predicted octanol–water partition coefficient (Wildman–Crippen LogP) is 4.46. The Morgan fingerprint density at radius 2 is 2.12 bits per heavy atom. The van der Waals surface area contributed by atoms with Crippen LogP contribution in [-0.2, 0) is 6.42 Å². The lowest BCUT2D eigenvalue weighted by Gasteiger charge is -2.25. The Labute approximate surface area is 202 Å². The van der Waals surface area contributed by atoms with Gasteiger partial charge in [0.2, 0.25) is 0 Å². The molecule has 2 aliphatic rings. The van der Waals surface area contributed by atoms with Crippen molar-refractivity contribution in [3.8, 4) is 0 Å². The van der Waals surface area contributed by atoms with Gasteiger partial charge in [-0.3, -0.25) is 10.1 Å². The van der Waals surface area contributed by atoms with Gasteiger partial charge in [0.25, 0.3) is 0 Å². The fraction of sp³-hybridized carbons (Fsp3) is 0.462. The summed E-state index contributed by atoms with van der Waals surface area (Å²) in [6, 6.07) is 6.42. The van der Waals surface area contributed by atoms with Crippen LogP contribution in [0.5, 0.6) is 0 Å². The molecule has 7 heteroatoms. The maximum absolute atomic E-state index is 8.77. The van der Waals surface area contributed by atoms with E-state index in [1.165, 1.54) is 11.1 Å². The van der Waals surface area contributed by atoms with Gasteiger partial charge in [-0.2, -0.15) is 0 Å². The van der Waals surface area contributed by atoms with E-state index in [2.05, 4.69) is 58.4 Å². The quantitative estimate of drug-likeness (QED) is 0.231. The van der Waals surface area contributed by atoms with E-state index in [0.29, 0.717) is 18.2 Å². The zero-order valence-corrected chi connectivity index (χ0v) is 20.7. The van der Waals surface area contributed by atoms with Crippen LogP contribution in [0.3, 0.4) is 0 Å². The summed E-state index contributed by atoms with van der Waals surface area (Å²) in [4.78, 5) is 4.58. The average Bonchev–Trinajstić information content (AvgIpc) is 2.83. The van der Waals surface area contributed by atoms with Crippen molar-refractivity contribution in [2.45, 2.75) is 45.4 Å². The van der Waals surface area contributed by atoms with Gasteiger partial charge < -0.3 is 16.8 Å². The zero-order valence-electron chi connectivity index (χ0n) is 19.9. The Kier molecular flexibility index (Phi) is 9.78. The van der Waals surface area contributed by atoms with Crippen molar-refractivity contribution in [3.05, 3.63) is 58.8 Å². The number of allylic oxidation sites excluding steroid dienone is 3. The van der Waals surface area contributed by atoms with Crippen LogP contribution in [0.2, 0.25) is 0 Å². The molecule has 7 N–H and O–H groups in total. The Morgan fingerprint density at radius 3 is 2.82 bits per heavy atom. The van der Waals surface area contributed by atoms with Crippen LogP contribution in [0, 0.1) is 11.3 Å². The molecule has 0 spiro atoms. The first-order valence-electron chi connectivity index (χ1n) is 11.9. The highest BCUT2D eigenvalue weighted by molar-refractivity contribution is 7.96. The van der Waals surface area contributed by atoms with Gasteiger partial charge in [-0.25, -0.2) is 4.99 Å². The van der Waals surface area contributed by atoms with E-state index in [-0.39, 0.29) is 5.84 Å². The largest absolute Gasteiger partial charge is 0.388 e. The fourth-order valence-corrected chi connectivity index (χ4v) is 4.57. The summed E-state index contributed by atoms with van der Waals surface area (Å²) in [6.45, 7) is 4.62. The number of fused-ring (bicyclic) bond motifs is 1.